The Morgan fingerprint density at radius 1 is 1.38 bits per heavy atom. The van der Waals surface area contributed by atoms with Gasteiger partial charge in [0.05, 0.1) is 10.7 Å². The summed E-state index contributed by atoms with van der Waals surface area (Å²) in [6, 6.07) is 6.05. The van der Waals surface area contributed by atoms with E-state index in [1.807, 2.05) is 5.48 Å². The molecule has 6 nitrogen and oxygen atoms in total. The van der Waals surface area contributed by atoms with Gasteiger partial charge in [0.25, 0.3) is 0 Å². The van der Waals surface area contributed by atoms with Crippen molar-refractivity contribution < 1.29 is 14.4 Å². The van der Waals surface area contributed by atoms with Gasteiger partial charge in [-0.1, -0.05) is 23.7 Å². The topological polar surface area (TPSA) is 93.5 Å². The van der Waals surface area contributed by atoms with Crippen LogP contribution in [0.4, 0.5) is 10.5 Å². The number of hydrogen-bond donors (Lipinski definition) is 3. The van der Waals surface area contributed by atoms with Crippen LogP contribution in [0, 0.1) is 0 Å². The molecule has 0 fully saturated rings. The summed E-state index contributed by atoms with van der Waals surface area (Å²) in [5.41, 5.74) is 7.21. The second kappa shape index (κ2) is 5.94. The Hall–Kier alpha value is -1.79. The maximum absolute atomic E-state index is 11.2. The third-order valence-electron chi connectivity index (χ3n) is 1.50. The van der Waals surface area contributed by atoms with Crippen molar-refractivity contribution in [1.29, 1.82) is 0 Å². The highest BCUT2D eigenvalue weighted by Gasteiger charge is 2.04. The fourth-order valence-electron chi connectivity index (χ4n) is 0.883. The Bertz CT molecular complexity index is 397. The first kappa shape index (κ1) is 12.3. The lowest BCUT2D eigenvalue weighted by Crippen LogP contribution is -2.32. The Morgan fingerprint density at radius 2 is 2.06 bits per heavy atom. The molecule has 86 valence electrons. The van der Waals surface area contributed by atoms with E-state index in [-0.39, 0.29) is 0 Å². The lowest BCUT2D eigenvalue weighted by Gasteiger charge is -2.07. The van der Waals surface area contributed by atoms with Crippen molar-refractivity contribution in [2.75, 3.05) is 11.9 Å². The van der Waals surface area contributed by atoms with Crippen molar-refractivity contribution in [2.24, 2.45) is 5.73 Å². The molecule has 0 unspecified atom stereocenters. The molecule has 16 heavy (non-hydrogen) atoms. The van der Waals surface area contributed by atoms with Gasteiger partial charge in [0, 0.05) is 0 Å². The van der Waals surface area contributed by atoms with E-state index in [0.29, 0.717) is 10.7 Å². The molecule has 0 saturated carbocycles. The molecule has 0 heterocycles. The van der Waals surface area contributed by atoms with Gasteiger partial charge in [0.2, 0.25) is 5.91 Å². The normalized spacial score (nSPS) is 9.56. The number of amides is 3. The molecule has 1 rings (SSSR count). The van der Waals surface area contributed by atoms with E-state index in [9.17, 15) is 9.59 Å². The standard InChI is InChI=1S/C9H10ClN3O3/c10-6-3-1-2-4-7(6)12-9(15)13-16-5-8(11)14/h1-4H,5H2,(H2,11,14)(H2,12,13,15). The van der Waals surface area contributed by atoms with Gasteiger partial charge in [-0.2, -0.15) is 0 Å². The van der Waals surface area contributed by atoms with E-state index in [0.717, 1.165) is 0 Å². The second-order valence-corrected chi connectivity index (χ2v) is 3.20. The first-order valence-electron chi connectivity index (χ1n) is 4.31. The first-order valence-corrected chi connectivity index (χ1v) is 4.69. The zero-order chi connectivity index (χ0) is 12.0. The highest BCUT2D eigenvalue weighted by Crippen LogP contribution is 2.19. The third-order valence-corrected chi connectivity index (χ3v) is 1.83. The van der Waals surface area contributed by atoms with Gasteiger partial charge in [-0.3, -0.25) is 9.63 Å². The van der Waals surface area contributed by atoms with Crippen LogP contribution in [0.25, 0.3) is 0 Å². The number of anilines is 1. The zero-order valence-electron chi connectivity index (χ0n) is 8.20. The van der Waals surface area contributed by atoms with Gasteiger partial charge in [0.1, 0.15) is 0 Å². The van der Waals surface area contributed by atoms with Crippen LogP contribution in [0.2, 0.25) is 5.02 Å². The summed E-state index contributed by atoms with van der Waals surface area (Å²) < 4.78 is 0. The van der Waals surface area contributed by atoms with Crippen LogP contribution in [-0.4, -0.2) is 18.5 Å². The number of hydrogen-bond acceptors (Lipinski definition) is 3. The molecule has 0 aliphatic heterocycles. The van der Waals surface area contributed by atoms with E-state index in [1.54, 1.807) is 24.3 Å². The van der Waals surface area contributed by atoms with Gasteiger partial charge in [-0.25, -0.2) is 10.3 Å². The number of carbonyl (C=O) groups is 2. The van der Waals surface area contributed by atoms with Crippen LogP contribution in [-0.2, 0) is 9.63 Å². The van der Waals surface area contributed by atoms with Crippen LogP contribution >= 0.6 is 11.6 Å². The minimum absolute atomic E-state index is 0.393. The largest absolute Gasteiger partial charge is 0.368 e. The molecule has 0 aliphatic rings. The Labute approximate surface area is 96.7 Å². The average Bonchev–Trinajstić information content (AvgIpc) is 2.21. The van der Waals surface area contributed by atoms with E-state index in [1.165, 1.54) is 0 Å². The van der Waals surface area contributed by atoms with Crippen molar-refractivity contribution in [3.63, 3.8) is 0 Å². The molecule has 1 aromatic carbocycles. The van der Waals surface area contributed by atoms with Gasteiger partial charge in [0.15, 0.2) is 6.61 Å². The van der Waals surface area contributed by atoms with Crippen molar-refractivity contribution in [3.05, 3.63) is 29.3 Å². The summed E-state index contributed by atoms with van der Waals surface area (Å²) >= 11 is 5.80. The molecule has 0 spiro atoms. The SMILES string of the molecule is NC(=O)CONC(=O)Nc1ccccc1Cl. The predicted octanol–water partition coefficient (Wildman–Crippen LogP) is 0.878. The van der Waals surface area contributed by atoms with Crippen molar-refractivity contribution in [1.82, 2.24) is 5.48 Å². The molecular weight excluding hydrogens is 234 g/mol. The highest BCUT2D eigenvalue weighted by atomic mass is 35.5. The number of para-hydroxylation sites is 1. The summed E-state index contributed by atoms with van der Waals surface area (Å²) in [5, 5.41) is 2.82. The van der Waals surface area contributed by atoms with Gasteiger partial charge >= 0.3 is 6.03 Å². The number of rotatable bonds is 4. The Balaban J connectivity index is 2.40. The van der Waals surface area contributed by atoms with Gasteiger partial charge in [-0.15, -0.1) is 0 Å². The van der Waals surface area contributed by atoms with Crippen LogP contribution in [0.3, 0.4) is 0 Å². The Kier molecular flexibility index (Phi) is 4.56. The number of nitrogens with two attached hydrogens (primary N) is 1. The molecule has 0 radical (unpaired) electrons. The number of hydroxylamine groups is 1. The second-order valence-electron chi connectivity index (χ2n) is 2.79. The van der Waals surface area contributed by atoms with Crippen LogP contribution in [0.15, 0.2) is 24.3 Å². The van der Waals surface area contributed by atoms with Crippen LogP contribution in [0.5, 0.6) is 0 Å². The summed E-state index contributed by atoms with van der Waals surface area (Å²) in [6.07, 6.45) is 0. The van der Waals surface area contributed by atoms with E-state index < -0.39 is 18.5 Å². The number of nitrogens with one attached hydrogen (secondary N) is 2. The van der Waals surface area contributed by atoms with Crippen LogP contribution in [0.1, 0.15) is 0 Å². The van der Waals surface area contributed by atoms with Gasteiger partial charge < -0.3 is 11.1 Å². The van der Waals surface area contributed by atoms with Crippen molar-refractivity contribution in [3.8, 4) is 0 Å². The third kappa shape index (κ3) is 4.16. The van der Waals surface area contributed by atoms with E-state index in [4.69, 9.17) is 17.3 Å². The smallest absolute Gasteiger partial charge is 0.343 e. The van der Waals surface area contributed by atoms with Crippen molar-refractivity contribution >= 4 is 29.2 Å². The number of carbonyl (C=O) groups excluding carboxylic acids is 2. The minimum Gasteiger partial charge on any atom is -0.368 e. The summed E-state index contributed by atoms with van der Waals surface area (Å²) in [6.45, 7) is -0.393. The van der Waals surface area contributed by atoms with Crippen LogP contribution < -0.4 is 16.5 Å². The number of urea groups is 1. The summed E-state index contributed by atoms with van der Waals surface area (Å²) in [5.74, 6) is -0.682. The Morgan fingerprint density at radius 3 is 2.69 bits per heavy atom. The maximum Gasteiger partial charge on any atom is 0.343 e. The monoisotopic (exact) mass is 243 g/mol. The fraction of sp³-hybridized carbons (Fsp3) is 0.111. The lowest BCUT2D eigenvalue weighted by atomic mass is 10.3. The molecule has 0 aliphatic carbocycles. The number of halogens is 1. The molecule has 1 aromatic rings. The zero-order valence-corrected chi connectivity index (χ0v) is 8.95. The lowest BCUT2D eigenvalue weighted by molar-refractivity contribution is -0.124. The van der Waals surface area contributed by atoms with E-state index in [2.05, 4.69) is 10.2 Å². The molecular formula is C9H10ClN3O3. The molecule has 4 N–H and O–H groups in total. The van der Waals surface area contributed by atoms with Crippen molar-refractivity contribution in [2.45, 2.75) is 0 Å². The highest BCUT2D eigenvalue weighted by molar-refractivity contribution is 6.33. The molecule has 0 aromatic heterocycles. The van der Waals surface area contributed by atoms with E-state index >= 15 is 0 Å². The molecule has 0 bridgehead atoms. The molecule has 3 amide bonds. The maximum atomic E-state index is 11.2. The fourth-order valence-corrected chi connectivity index (χ4v) is 1.07. The summed E-state index contributed by atoms with van der Waals surface area (Å²) in [4.78, 5) is 26.0. The molecule has 0 atom stereocenters. The molecule has 7 heteroatoms. The molecule has 0 saturated heterocycles. The first-order chi connectivity index (χ1) is 7.59. The quantitative estimate of drug-likeness (QED) is 0.685. The average molecular weight is 244 g/mol. The minimum atomic E-state index is -0.682. The number of benzene rings is 1. The van der Waals surface area contributed by atoms with Gasteiger partial charge in [-0.05, 0) is 12.1 Å². The summed E-state index contributed by atoms with van der Waals surface area (Å²) in [7, 11) is 0. The number of primary amides is 1. The predicted molar refractivity (Wildman–Crippen MR) is 58.8 cm³/mol.